The first kappa shape index (κ1) is 9.66. The molecule has 0 bridgehead atoms. The number of benzene rings is 1. The zero-order valence-corrected chi connectivity index (χ0v) is 9.15. The summed E-state index contributed by atoms with van der Waals surface area (Å²) in [6.45, 7) is 0. The average Bonchev–Trinajstić information content (AvgIpc) is 3.01. The molecule has 1 saturated carbocycles. The number of hydrogen-bond acceptors (Lipinski definition) is 2. The molecule has 1 heterocycles. The fourth-order valence-electron chi connectivity index (χ4n) is 2.03. The lowest BCUT2D eigenvalue weighted by Gasteiger charge is -1.97. The van der Waals surface area contributed by atoms with Crippen LogP contribution in [0.3, 0.4) is 0 Å². The van der Waals surface area contributed by atoms with Crippen molar-refractivity contribution in [1.29, 1.82) is 0 Å². The second kappa shape index (κ2) is 3.22. The third-order valence-electron chi connectivity index (χ3n) is 2.87. The Bertz CT molecular complexity index is 637. The van der Waals surface area contributed by atoms with Crippen LogP contribution in [0.5, 0.6) is 0 Å². The van der Waals surface area contributed by atoms with E-state index in [0.717, 1.165) is 22.9 Å². The highest BCUT2D eigenvalue weighted by Crippen LogP contribution is 2.36. The summed E-state index contributed by atoms with van der Waals surface area (Å²) in [5.74, 6) is 0. The highest BCUT2D eigenvalue weighted by Gasteiger charge is 2.29. The molecule has 0 spiro atoms. The molecular formula is C11H9ClN2O2. The van der Waals surface area contributed by atoms with Gasteiger partial charge in [0.2, 0.25) is 0 Å². The van der Waals surface area contributed by atoms with Gasteiger partial charge < -0.3 is 0 Å². The molecule has 1 aliphatic rings. The molecule has 5 heteroatoms. The highest BCUT2D eigenvalue weighted by molar-refractivity contribution is 6.63. The minimum Gasteiger partial charge on any atom is -0.288 e. The topological polar surface area (TPSA) is 44.0 Å². The average molecular weight is 237 g/mol. The standard InChI is InChI=1S/C11H9ClN2O2/c12-10(15)14-9-4-2-1-3-8(9)13(11(14)16)7-5-6-7/h1-4,7H,5-6H2. The smallest absolute Gasteiger partial charge is 0.288 e. The number of para-hydroxylation sites is 2. The Labute approximate surface area is 96.0 Å². The van der Waals surface area contributed by atoms with Crippen LogP contribution in [0, 0.1) is 0 Å². The van der Waals surface area contributed by atoms with Gasteiger partial charge in [-0.3, -0.25) is 9.36 Å². The SMILES string of the molecule is O=C(Cl)n1c(=O)n(C2CC2)c2ccccc21. The number of carbonyl (C=O) groups is 1. The van der Waals surface area contributed by atoms with Crippen LogP contribution in [-0.2, 0) is 0 Å². The van der Waals surface area contributed by atoms with Crippen molar-refractivity contribution >= 4 is 28.0 Å². The van der Waals surface area contributed by atoms with Crippen LogP contribution in [0.15, 0.2) is 29.1 Å². The highest BCUT2D eigenvalue weighted by atomic mass is 35.5. The minimum absolute atomic E-state index is 0.231. The van der Waals surface area contributed by atoms with Crippen molar-refractivity contribution in [2.24, 2.45) is 0 Å². The van der Waals surface area contributed by atoms with Crippen molar-refractivity contribution in [2.45, 2.75) is 18.9 Å². The van der Waals surface area contributed by atoms with Crippen molar-refractivity contribution in [2.75, 3.05) is 0 Å². The lowest BCUT2D eigenvalue weighted by atomic mass is 10.3. The Balaban J connectivity index is 2.45. The van der Waals surface area contributed by atoms with Gasteiger partial charge in [0.05, 0.1) is 11.0 Å². The number of carbonyl (C=O) groups excluding carboxylic acids is 1. The third-order valence-corrected chi connectivity index (χ3v) is 3.04. The predicted octanol–water partition coefficient (Wildman–Crippen LogP) is 2.34. The third kappa shape index (κ3) is 1.23. The second-order valence-corrected chi connectivity index (χ2v) is 4.28. The summed E-state index contributed by atoms with van der Waals surface area (Å²) in [4.78, 5) is 23.3. The van der Waals surface area contributed by atoms with Gasteiger partial charge in [-0.2, -0.15) is 0 Å². The summed E-state index contributed by atoms with van der Waals surface area (Å²) < 4.78 is 2.69. The van der Waals surface area contributed by atoms with Gasteiger partial charge in [-0.1, -0.05) is 12.1 Å². The fraction of sp³-hybridized carbons (Fsp3) is 0.273. The van der Waals surface area contributed by atoms with Gasteiger partial charge in [-0.05, 0) is 36.6 Å². The van der Waals surface area contributed by atoms with Crippen LogP contribution < -0.4 is 5.69 Å². The molecule has 0 N–H and O–H groups in total. The maximum atomic E-state index is 12.0. The van der Waals surface area contributed by atoms with Crippen molar-refractivity contribution in [3.8, 4) is 0 Å². The van der Waals surface area contributed by atoms with E-state index in [2.05, 4.69) is 0 Å². The maximum absolute atomic E-state index is 12.0. The molecule has 3 rings (SSSR count). The summed E-state index contributed by atoms with van der Waals surface area (Å²) in [6, 6.07) is 7.44. The van der Waals surface area contributed by atoms with Crippen LogP contribution in [0.4, 0.5) is 4.79 Å². The first-order valence-electron chi connectivity index (χ1n) is 5.12. The molecule has 0 aliphatic heterocycles. The predicted molar refractivity (Wildman–Crippen MR) is 61.1 cm³/mol. The molecule has 0 radical (unpaired) electrons. The normalized spacial score (nSPS) is 15.6. The van der Waals surface area contributed by atoms with E-state index < -0.39 is 5.37 Å². The zero-order chi connectivity index (χ0) is 11.3. The van der Waals surface area contributed by atoms with Crippen LogP contribution in [-0.4, -0.2) is 14.5 Å². The van der Waals surface area contributed by atoms with Crippen molar-refractivity contribution in [3.05, 3.63) is 34.7 Å². The van der Waals surface area contributed by atoms with Gasteiger partial charge in [-0.15, -0.1) is 0 Å². The van der Waals surface area contributed by atoms with Crippen molar-refractivity contribution < 1.29 is 4.79 Å². The van der Waals surface area contributed by atoms with E-state index in [-0.39, 0.29) is 11.7 Å². The number of nitrogens with zero attached hydrogens (tertiary/aromatic N) is 2. The van der Waals surface area contributed by atoms with Gasteiger partial charge >= 0.3 is 11.1 Å². The van der Waals surface area contributed by atoms with E-state index in [0.29, 0.717) is 5.52 Å². The van der Waals surface area contributed by atoms with Gasteiger partial charge in [0.25, 0.3) is 0 Å². The number of hydrogen-bond donors (Lipinski definition) is 0. The van der Waals surface area contributed by atoms with E-state index in [1.54, 1.807) is 16.7 Å². The summed E-state index contributed by atoms with van der Waals surface area (Å²) in [6.07, 6.45) is 1.98. The Hall–Kier alpha value is -1.55. The monoisotopic (exact) mass is 236 g/mol. The molecular weight excluding hydrogens is 228 g/mol. The van der Waals surface area contributed by atoms with E-state index in [4.69, 9.17) is 11.6 Å². The Morgan fingerprint density at radius 1 is 1.25 bits per heavy atom. The summed E-state index contributed by atoms with van der Waals surface area (Å²) >= 11 is 5.44. The molecule has 0 atom stereocenters. The largest absolute Gasteiger partial charge is 0.337 e. The molecule has 82 valence electrons. The molecule has 0 amide bonds. The maximum Gasteiger partial charge on any atom is 0.337 e. The van der Waals surface area contributed by atoms with E-state index in [9.17, 15) is 9.59 Å². The molecule has 1 aliphatic carbocycles. The lowest BCUT2D eigenvalue weighted by Crippen LogP contribution is -2.25. The van der Waals surface area contributed by atoms with Crippen LogP contribution >= 0.6 is 11.6 Å². The fourth-order valence-corrected chi connectivity index (χ4v) is 2.19. The number of fused-ring (bicyclic) bond motifs is 1. The number of aromatic nitrogens is 2. The minimum atomic E-state index is -0.749. The molecule has 1 fully saturated rings. The van der Waals surface area contributed by atoms with Crippen LogP contribution in [0.25, 0.3) is 11.0 Å². The first-order valence-corrected chi connectivity index (χ1v) is 5.50. The Kier molecular flexibility index (Phi) is 1.94. The number of imidazole rings is 1. The molecule has 0 saturated heterocycles. The van der Waals surface area contributed by atoms with Gasteiger partial charge in [0.15, 0.2) is 0 Å². The molecule has 1 aromatic carbocycles. The Morgan fingerprint density at radius 3 is 2.44 bits per heavy atom. The number of halogens is 1. The summed E-state index contributed by atoms with van der Waals surface area (Å²) in [5.41, 5.74) is 1.03. The van der Waals surface area contributed by atoms with Crippen LogP contribution in [0.1, 0.15) is 18.9 Å². The van der Waals surface area contributed by atoms with Crippen LogP contribution in [0.2, 0.25) is 0 Å². The van der Waals surface area contributed by atoms with E-state index in [1.165, 1.54) is 0 Å². The lowest BCUT2D eigenvalue weighted by molar-refractivity contribution is 0.261. The van der Waals surface area contributed by atoms with Gasteiger partial charge in [0.1, 0.15) is 0 Å². The van der Waals surface area contributed by atoms with E-state index in [1.807, 2.05) is 12.1 Å². The van der Waals surface area contributed by atoms with Gasteiger partial charge in [-0.25, -0.2) is 9.36 Å². The first-order chi connectivity index (χ1) is 7.70. The molecule has 16 heavy (non-hydrogen) atoms. The van der Waals surface area contributed by atoms with E-state index >= 15 is 0 Å². The Morgan fingerprint density at radius 2 is 1.88 bits per heavy atom. The summed E-state index contributed by atoms with van der Waals surface area (Å²) in [5, 5.41) is -0.749. The van der Waals surface area contributed by atoms with Gasteiger partial charge in [0, 0.05) is 6.04 Å². The quantitative estimate of drug-likeness (QED) is 0.714. The molecule has 0 unspecified atom stereocenters. The number of rotatable bonds is 1. The summed E-state index contributed by atoms with van der Waals surface area (Å²) in [7, 11) is 0. The zero-order valence-electron chi connectivity index (χ0n) is 8.39. The molecule has 4 nitrogen and oxygen atoms in total. The molecule has 1 aromatic heterocycles. The second-order valence-electron chi connectivity index (χ2n) is 3.96. The van der Waals surface area contributed by atoms with Crippen molar-refractivity contribution in [1.82, 2.24) is 9.13 Å². The van der Waals surface area contributed by atoms with Crippen molar-refractivity contribution in [3.63, 3.8) is 0 Å². The molecule has 2 aromatic rings.